The summed E-state index contributed by atoms with van der Waals surface area (Å²) in [6.07, 6.45) is 0.964. The van der Waals surface area contributed by atoms with Gasteiger partial charge in [-0.1, -0.05) is 53.7 Å². The first-order valence-electron chi connectivity index (χ1n) is 10.8. The average Bonchev–Trinajstić information content (AvgIpc) is 3.08. The van der Waals surface area contributed by atoms with Gasteiger partial charge in [0.15, 0.2) is 5.65 Å². The van der Waals surface area contributed by atoms with Crippen LogP contribution in [0.4, 0.5) is 0 Å². The number of nitrogens with one attached hydrogen (secondary N) is 1. The zero-order valence-corrected chi connectivity index (χ0v) is 18.9. The molecule has 0 bridgehead atoms. The molecule has 0 saturated heterocycles. The molecule has 0 unspecified atom stereocenters. The van der Waals surface area contributed by atoms with Crippen LogP contribution < -0.4 is 4.90 Å². The van der Waals surface area contributed by atoms with Crippen molar-refractivity contribution in [1.29, 1.82) is 0 Å². The Labute approximate surface area is 182 Å². The minimum Gasteiger partial charge on any atom is -0.335 e. The molecule has 2 aromatic heterocycles. The highest BCUT2D eigenvalue weighted by atomic mass is 32.2. The SMILES string of the molecule is CC[NH+](CC)CCSc1nnc2c3cc(C)ccc3n(CCc3ccccc3)c2n1. The van der Waals surface area contributed by atoms with Gasteiger partial charge in [-0.05, 0) is 44.9 Å². The zero-order valence-electron chi connectivity index (χ0n) is 18.1. The van der Waals surface area contributed by atoms with E-state index in [-0.39, 0.29) is 0 Å². The van der Waals surface area contributed by atoms with Gasteiger partial charge in [0.1, 0.15) is 5.52 Å². The number of fused-ring (bicyclic) bond motifs is 3. The smallest absolute Gasteiger partial charge is 0.211 e. The summed E-state index contributed by atoms with van der Waals surface area (Å²) in [7, 11) is 0. The fourth-order valence-electron chi connectivity index (χ4n) is 3.92. The molecule has 156 valence electrons. The molecule has 4 rings (SSSR count). The van der Waals surface area contributed by atoms with Crippen molar-refractivity contribution in [1.82, 2.24) is 19.7 Å². The van der Waals surface area contributed by atoms with Crippen LogP contribution in [0.2, 0.25) is 0 Å². The van der Waals surface area contributed by atoms with Gasteiger partial charge in [0.2, 0.25) is 5.16 Å². The topological polar surface area (TPSA) is 48.0 Å². The number of hydrogen-bond acceptors (Lipinski definition) is 4. The van der Waals surface area contributed by atoms with Crippen molar-refractivity contribution < 1.29 is 4.90 Å². The Kier molecular flexibility index (Phi) is 6.65. The highest BCUT2D eigenvalue weighted by molar-refractivity contribution is 7.99. The lowest BCUT2D eigenvalue weighted by molar-refractivity contribution is -0.893. The van der Waals surface area contributed by atoms with Crippen molar-refractivity contribution in [2.24, 2.45) is 0 Å². The predicted molar refractivity (Wildman–Crippen MR) is 125 cm³/mol. The van der Waals surface area contributed by atoms with Gasteiger partial charge >= 0.3 is 0 Å². The van der Waals surface area contributed by atoms with E-state index in [9.17, 15) is 0 Å². The molecular formula is C24H30N5S+. The molecular weight excluding hydrogens is 390 g/mol. The molecule has 2 heterocycles. The first-order valence-corrected chi connectivity index (χ1v) is 11.8. The summed E-state index contributed by atoms with van der Waals surface area (Å²) in [4.78, 5) is 6.55. The van der Waals surface area contributed by atoms with Crippen LogP contribution in [0.15, 0.2) is 53.7 Å². The van der Waals surface area contributed by atoms with E-state index in [4.69, 9.17) is 4.98 Å². The number of rotatable bonds is 9. The van der Waals surface area contributed by atoms with Crippen molar-refractivity contribution in [2.75, 3.05) is 25.4 Å². The fourth-order valence-corrected chi connectivity index (χ4v) is 4.74. The Morgan fingerprint density at radius 3 is 2.57 bits per heavy atom. The van der Waals surface area contributed by atoms with E-state index in [2.05, 4.69) is 84.1 Å². The van der Waals surface area contributed by atoms with Gasteiger partial charge in [0, 0.05) is 11.9 Å². The van der Waals surface area contributed by atoms with Crippen molar-refractivity contribution in [3.05, 3.63) is 59.7 Å². The molecule has 0 aliphatic carbocycles. The second kappa shape index (κ2) is 9.58. The van der Waals surface area contributed by atoms with Crippen LogP contribution in [0.1, 0.15) is 25.0 Å². The predicted octanol–water partition coefficient (Wildman–Crippen LogP) is 3.55. The van der Waals surface area contributed by atoms with Gasteiger partial charge < -0.3 is 9.47 Å². The lowest BCUT2D eigenvalue weighted by Gasteiger charge is -2.14. The standard InChI is InChI=1S/C24H29N5S/c1-4-28(5-2)15-16-30-24-25-23-22(26-27-24)20-17-18(3)11-12-21(20)29(23)14-13-19-9-7-6-8-10-19/h6-12,17H,4-5,13-16H2,1-3H3/p+1. The molecule has 0 spiro atoms. The summed E-state index contributed by atoms with van der Waals surface area (Å²) < 4.78 is 2.31. The summed E-state index contributed by atoms with van der Waals surface area (Å²) in [6.45, 7) is 10.9. The number of aromatic nitrogens is 4. The number of quaternary nitrogens is 1. The van der Waals surface area contributed by atoms with E-state index in [1.807, 2.05) is 0 Å². The average molecular weight is 421 g/mol. The minimum atomic E-state index is 0.773. The molecule has 0 amide bonds. The molecule has 0 saturated carbocycles. The Bertz CT molecular complexity index is 1120. The van der Waals surface area contributed by atoms with E-state index in [0.29, 0.717) is 0 Å². The number of aryl methyl sites for hydroxylation is 3. The molecule has 5 nitrogen and oxygen atoms in total. The van der Waals surface area contributed by atoms with E-state index < -0.39 is 0 Å². The van der Waals surface area contributed by atoms with Crippen LogP contribution in [-0.4, -0.2) is 45.1 Å². The van der Waals surface area contributed by atoms with Crippen molar-refractivity contribution in [3.8, 4) is 0 Å². The van der Waals surface area contributed by atoms with Gasteiger partial charge in [-0.2, -0.15) is 0 Å². The number of thioether (sulfide) groups is 1. The number of nitrogens with zero attached hydrogens (tertiary/aromatic N) is 4. The maximum atomic E-state index is 4.95. The van der Waals surface area contributed by atoms with Crippen LogP contribution in [0.3, 0.4) is 0 Å². The van der Waals surface area contributed by atoms with Crippen molar-refractivity contribution in [3.63, 3.8) is 0 Å². The van der Waals surface area contributed by atoms with Crippen molar-refractivity contribution >= 4 is 33.8 Å². The second-order valence-electron chi connectivity index (χ2n) is 7.73. The molecule has 0 radical (unpaired) electrons. The van der Waals surface area contributed by atoms with E-state index in [1.54, 1.807) is 16.7 Å². The maximum absolute atomic E-state index is 4.95. The summed E-state index contributed by atoms with van der Waals surface area (Å²) in [5.74, 6) is 1.01. The fraction of sp³-hybridized carbons (Fsp3) is 0.375. The third kappa shape index (κ3) is 4.50. The Morgan fingerprint density at radius 1 is 1.00 bits per heavy atom. The molecule has 0 aliphatic rings. The van der Waals surface area contributed by atoms with Crippen molar-refractivity contribution in [2.45, 2.75) is 38.9 Å². The Hall–Kier alpha value is -2.44. The quantitative estimate of drug-likeness (QED) is 0.421. The summed E-state index contributed by atoms with van der Waals surface area (Å²) >= 11 is 1.71. The molecule has 0 aliphatic heterocycles. The summed E-state index contributed by atoms with van der Waals surface area (Å²) in [5.41, 5.74) is 5.59. The maximum Gasteiger partial charge on any atom is 0.211 e. The molecule has 0 atom stereocenters. The summed E-state index contributed by atoms with van der Waals surface area (Å²) in [5, 5.41) is 11.0. The van der Waals surface area contributed by atoms with Crippen LogP contribution in [0, 0.1) is 6.92 Å². The van der Waals surface area contributed by atoms with Crippen LogP contribution in [0.25, 0.3) is 22.1 Å². The van der Waals surface area contributed by atoms with Gasteiger partial charge in [-0.25, -0.2) is 4.98 Å². The van der Waals surface area contributed by atoms with Crippen LogP contribution in [0.5, 0.6) is 0 Å². The molecule has 30 heavy (non-hydrogen) atoms. The summed E-state index contributed by atoms with van der Waals surface area (Å²) in [6, 6.07) is 17.2. The monoisotopic (exact) mass is 420 g/mol. The normalized spacial score (nSPS) is 11.7. The highest BCUT2D eigenvalue weighted by Crippen LogP contribution is 2.28. The molecule has 0 fully saturated rings. The van der Waals surface area contributed by atoms with E-state index in [0.717, 1.165) is 60.1 Å². The minimum absolute atomic E-state index is 0.773. The third-order valence-corrected chi connectivity index (χ3v) is 6.60. The highest BCUT2D eigenvalue weighted by Gasteiger charge is 2.15. The molecule has 1 N–H and O–H groups in total. The van der Waals surface area contributed by atoms with Gasteiger partial charge in [0.05, 0.1) is 30.9 Å². The lowest BCUT2D eigenvalue weighted by Crippen LogP contribution is -3.11. The Morgan fingerprint density at radius 2 is 1.80 bits per heavy atom. The Balaban J connectivity index is 1.65. The van der Waals surface area contributed by atoms with E-state index >= 15 is 0 Å². The lowest BCUT2D eigenvalue weighted by atomic mass is 10.1. The van der Waals surface area contributed by atoms with Gasteiger partial charge in [0.25, 0.3) is 0 Å². The zero-order chi connectivity index (χ0) is 20.9. The first-order chi connectivity index (χ1) is 14.7. The number of benzene rings is 2. The second-order valence-corrected chi connectivity index (χ2v) is 8.79. The largest absolute Gasteiger partial charge is 0.335 e. The van der Waals surface area contributed by atoms with Gasteiger partial charge in [-0.3, -0.25) is 0 Å². The van der Waals surface area contributed by atoms with Crippen LogP contribution >= 0.6 is 11.8 Å². The number of hydrogen-bond donors (Lipinski definition) is 1. The first kappa shape index (κ1) is 20.8. The third-order valence-electron chi connectivity index (χ3n) is 5.76. The van der Waals surface area contributed by atoms with Crippen LogP contribution in [-0.2, 0) is 13.0 Å². The molecule has 2 aromatic carbocycles. The molecule has 6 heteroatoms. The molecule has 4 aromatic rings. The van der Waals surface area contributed by atoms with E-state index in [1.165, 1.54) is 16.6 Å². The van der Waals surface area contributed by atoms with Gasteiger partial charge in [-0.15, -0.1) is 10.2 Å².